The fourth-order valence-corrected chi connectivity index (χ4v) is 1.96. The number of pyridine rings is 1. The molecular weight excluding hydrogens is 226 g/mol. The van der Waals surface area contributed by atoms with Gasteiger partial charge in [0.25, 0.3) is 0 Å². The number of nitrogens with two attached hydrogens (primary N) is 1. The maximum atomic E-state index is 5.86. The van der Waals surface area contributed by atoms with Crippen LogP contribution in [0, 0.1) is 0 Å². The molecule has 1 aliphatic rings. The number of anilines is 2. The van der Waals surface area contributed by atoms with Crippen molar-refractivity contribution in [2.45, 2.75) is 25.3 Å². The van der Waals surface area contributed by atoms with Crippen LogP contribution < -0.4 is 11.1 Å². The van der Waals surface area contributed by atoms with E-state index in [1.807, 2.05) is 0 Å². The second kappa shape index (κ2) is 4.47. The van der Waals surface area contributed by atoms with Crippen LogP contribution in [0.1, 0.15) is 19.8 Å². The molecule has 1 aromatic heterocycles. The number of nitrogen functional groups attached to an aromatic ring is 1. The van der Waals surface area contributed by atoms with E-state index in [4.69, 9.17) is 22.1 Å². The number of nitrogens with one attached hydrogen (secondary N) is 1. The minimum absolute atomic E-state index is 0.00714. The molecule has 1 aliphatic heterocycles. The summed E-state index contributed by atoms with van der Waals surface area (Å²) in [5.74, 6) is 0.703. The molecule has 0 aromatic carbocycles. The highest BCUT2D eigenvalue weighted by atomic mass is 35.5. The maximum absolute atomic E-state index is 5.86. The van der Waals surface area contributed by atoms with Gasteiger partial charge in [-0.3, -0.25) is 0 Å². The fourth-order valence-electron chi connectivity index (χ4n) is 1.79. The third kappa shape index (κ3) is 2.57. The standard InChI is InChI=1S/C11H16ClN3O/c1-11(2-4-16-5-3-11)15-10-9(13)6-8(12)7-14-10/h6-7H,2-5,13H2,1H3,(H,14,15). The van der Waals surface area contributed by atoms with Crippen LogP contribution in [0.3, 0.4) is 0 Å². The van der Waals surface area contributed by atoms with Gasteiger partial charge in [-0.2, -0.15) is 0 Å². The van der Waals surface area contributed by atoms with Gasteiger partial charge in [0.15, 0.2) is 0 Å². The molecule has 2 rings (SSSR count). The normalized spacial score (nSPS) is 19.4. The van der Waals surface area contributed by atoms with E-state index in [-0.39, 0.29) is 5.54 Å². The second-order valence-electron chi connectivity index (χ2n) is 4.39. The highest BCUT2D eigenvalue weighted by Gasteiger charge is 2.27. The van der Waals surface area contributed by atoms with Crippen molar-refractivity contribution in [2.24, 2.45) is 0 Å². The summed E-state index contributed by atoms with van der Waals surface area (Å²) in [6.07, 6.45) is 3.51. The molecule has 5 heteroatoms. The molecule has 0 bridgehead atoms. The molecule has 3 N–H and O–H groups in total. The van der Waals surface area contributed by atoms with Crippen LogP contribution in [0.4, 0.5) is 11.5 Å². The Kier molecular flexibility index (Phi) is 3.21. The predicted octanol–water partition coefficient (Wildman–Crippen LogP) is 2.30. The smallest absolute Gasteiger partial charge is 0.149 e. The molecule has 0 amide bonds. The zero-order valence-corrected chi connectivity index (χ0v) is 10.0. The van der Waals surface area contributed by atoms with E-state index in [1.165, 1.54) is 0 Å². The summed E-state index contributed by atoms with van der Waals surface area (Å²) >= 11 is 5.80. The van der Waals surface area contributed by atoms with Crippen LogP contribution in [-0.4, -0.2) is 23.7 Å². The molecule has 0 saturated carbocycles. The SMILES string of the molecule is CC1(Nc2ncc(Cl)cc2N)CCOCC1. The van der Waals surface area contributed by atoms with E-state index in [9.17, 15) is 0 Å². The monoisotopic (exact) mass is 241 g/mol. The van der Waals surface area contributed by atoms with Crippen LogP contribution >= 0.6 is 11.6 Å². The van der Waals surface area contributed by atoms with Crippen LogP contribution in [0.5, 0.6) is 0 Å². The topological polar surface area (TPSA) is 60.2 Å². The van der Waals surface area contributed by atoms with Gasteiger partial charge in [-0.05, 0) is 25.8 Å². The number of hydrogen-bond acceptors (Lipinski definition) is 4. The van der Waals surface area contributed by atoms with Crippen molar-refractivity contribution < 1.29 is 4.74 Å². The Morgan fingerprint density at radius 3 is 2.81 bits per heavy atom. The minimum Gasteiger partial charge on any atom is -0.396 e. The van der Waals surface area contributed by atoms with Crippen LogP contribution in [0.2, 0.25) is 5.02 Å². The summed E-state index contributed by atoms with van der Waals surface area (Å²) in [4.78, 5) is 4.21. The van der Waals surface area contributed by atoms with Gasteiger partial charge >= 0.3 is 0 Å². The summed E-state index contributed by atoms with van der Waals surface area (Å²) < 4.78 is 5.34. The molecule has 1 aromatic rings. The first kappa shape index (κ1) is 11.5. The largest absolute Gasteiger partial charge is 0.396 e. The lowest BCUT2D eigenvalue weighted by Crippen LogP contribution is -2.41. The van der Waals surface area contributed by atoms with E-state index >= 15 is 0 Å². The number of hydrogen-bond donors (Lipinski definition) is 2. The van der Waals surface area contributed by atoms with Crippen LogP contribution in [0.25, 0.3) is 0 Å². The Labute approximate surface area is 100 Å². The second-order valence-corrected chi connectivity index (χ2v) is 4.83. The molecule has 0 spiro atoms. The van der Waals surface area contributed by atoms with Crippen molar-refractivity contribution in [3.8, 4) is 0 Å². The van der Waals surface area contributed by atoms with E-state index in [0.29, 0.717) is 16.5 Å². The lowest BCUT2D eigenvalue weighted by molar-refractivity contribution is 0.0657. The lowest BCUT2D eigenvalue weighted by Gasteiger charge is -2.35. The van der Waals surface area contributed by atoms with Crippen molar-refractivity contribution in [1.82, 2.24) is 4.98 Å². The number of aromatic nitrogens is 1. The Bertz CT molecular complexity index is 377. The lowest BCUT2D eigenvalue weighted by atomic mass is 9.92. The number of halogens is 1. The molecule has 0 radical (unpaired) electrons. The number of rotatable bonds is 2. The fraction of sp³-hybridized carbons (Fsp3) is 0.545. The number of ether oxygens (including phenoxy) is 1. The van der Waals surface area contributed by atoms with E-state index in [0.717, 1.165) is 26.1 Å². The first-order valence-electron chi connectivity index (χ1n) is 5.36. The van der Waals surface area contributed by atoms with Crippen LogP contribution in [0.15, 0.2) is 12.3 Å². The summed E-state index contributed by atoms with van der Waals surface area (Å²) in [6, 6.07) is 1.71. The third-order valence-corrected chi connectivity index (χ3v) is 3.11. The highest BCUT2D eigenvalue weighted by molar-refractivity contribution is 6.30. The summed E-state index contributed by atoms with van der Waals surface area (Å²) in [6.45, 7) is 3.71. The Morgan fingerprint density at radius 1 is 1.50 bits per heavy atom. The van der Waals surface area contributed by atoms with Crippen molar-refractivity contribution in [3.05, 3.63) is 17.3 Å². The van der Waals surface area contributed by atoms with Gasteiger partial charge in [0.2, 0.25) is 0 Å². The van der Waals surface area contributed by atoms with E-state index in [2.05, 4.69) is 17.2 Å². The van der Waals surface area contributed by atoms with Gasteiger partial charge in [-0.25, -0.2) is 4.98 Å². The first-order valence-corrected chi connectivity index (χ1v) is 5.74. The summed E-state index contributed by atoms with van der Waals surface area (Å²) in [7, 11) is 0. The van der Waals surface area contributed by atoms with Gasteiger partial charge in [0.1, 0.15) is 5.82 Å². The van der Waals surface area contributed by atoms with Gasteiger partial charge in [0.05, 0.1) is 10.7 Å². The molecule has 2 heterocycles. The van der Waals surface area contributed by atoms with Crippen molar-refractivity contribution in [1.29, 1.82) is 0 Å². The average molecular weight is 242 g/mol. The Morgan fingerprint density at radius 2 is 2.19 bits per heavy atom. The van der Waals surface area contributed by atoms with Crippen molar-refractivity contribution in [3.63, 3.8) is 0 Å². The molecule has 1 fully saturated rings. The van der Waals surface area contributed by atoms with Gasteiger partial charge in [-0.1, -0.05) is 11.6 Å². The number of nitrogens with zero attached hydrogens (tertiary/aromatic N) is 1. The summed E-state index contributed by atoms with van der Waals surface area (Å²) in [5.41, 5.74) is 6.45. The Hall–Kier alpha value is -1.00. The van der Waals surface area contributed by atoms with E-state index in [1.54, 1.807) is 12.3 Å². The quantitative estimate of drug-likeness (QED) is 0.834. The molecule has 4 nitrogen and oxygen atoms in total. The molecule has 0 aliphatic carbocycles. The molecule has 88 valence electrons. The zero-order chi connectivity index (χ0) is 11.6. The highest BCUT2D eigenvalue weighted by Crippen LogP contribution is 2.28. The average Bonchev–Trinajstić information content (AvgIpc) is 2.23. The minimum atomic E-state index is 0.00714. The zero-order valence-electron chi connectivity index (χ0n) is 9.29. The van der Waals surface area contributed by atoms with Crippen LogP contribution in [-0.2, 0) is 4.74 Å². The van der Waals surface area contributed by atoms with Crippen molar-refractivity contribution in [2.75, 3.05) is 24.3 Å². The maximum Gasteiger partial charge on any atom is 0.149 e. The molecule has 1 saturated heterocycles. The van der Waals surface area contributed by atoms with Gasteiger partial charge < -0.3 is 15.8 Å². The first-order chi connectivity index (χ1) is 7.59. The Balaban J connectivity index is 2.13. The summed E-state index contributed by atoms with van der Waals surface area (Å²) in [5, 5.41) is 3.93. The van der Waals surface area contributed by atoms with Gasteiger partial charge in [-0.15, -0.1) is 0 Å². The van der Waals surface area contributed by atoms with Gasteiger partial charge in [0, 0.05) is 24.9 Å². The van der Waals surface area contributed by atoms with E-state index < -0.39 is 0 Å². The van der Waals surface area contributed by atoms with Crippen molar-refractivity contribution >= 4 is 23.1 Å². The molecule has 0 unspecified atom stereocenters. The third-order valence-electron chi connectivity index (χ3n) is 2.90. The predicted molar refractivity (Wildman–Crippen MR) is 65.7 cm³/mol. The molecule has 0 atom stereocenters. The molecule has 16 heavy (non-hydrogen) atoms. The molecular formula is C11H16ClN3O.